The van der Waals surface area contributed by atoms with Crippen molar-refractivity contribution in [3.63, 3.8) is 0 Å². The van der Waals surface area contributed by atoms with E-state index in [2.05, 4.69) is 10.2 Å². The number of benzene rings is 3. The maximum absolute atomic E-state index is 13.6. The Morgan fingerprint density at radius 2 is 1.83 bits per heavy atom. The number of aryl methyl sites for hydroxylation is 3. The lowest BCUT2D eigenvalue weighted by atomic mass is 10.1. The van der Waals surface area contributed by atoms with Crippen molar-refractivity contribution in [2.45, 2.75) is 37.8 Å². The number of para-hydroxylation sites is 1. The largest absolute Gasteiger partial charge is 0.489 e. The molecular formula is C26H25FN4O3S. The molecule has 0 fully saturated rings. The summed E-state index contributed by atoms with van der Waals surface area (Å²) in [6, 6.07) is 19.4. The lowest BCUT2D eigenvalue weighted by Crippen LogP contribution is -2.12. The molecule has 35 heavy (non-hydrogen) atoms. The molecule has 0 N–H and O–H groups in total. The molecule has 0 aliphatic carbocycles. The van der Waals surface area contributed by atoms with E-state index in [1.807, 2.05) is 55.7 Å². The normalized spacial score (nSPS) is 11.9. The highest BCUT2D eigenvalue weighted by atomic mass is 32.2. The molecule has 4 rings (SSSR count). The first-order valence-corrected chi connectivity index (χ1v) is 11.9. The third-order valence-electron chi connectivity index (χ3n) is 5.66. The van der Waals surface area contributed by atoms with Gasteiger partial charge in [0.2, 0.25) is 6.54 Å². The van der Waals surface area contributed by atoms with Crippen LogP contribution in [0.1, 0.15) is 33.3 Å². The van der Waals surface area contributed by atoms with E-state index in [0.29, 0.717) is 27.9 Å². The van der Waals surface area contributed by atoms with Crippen molar-refractivity contribution in [3.8, 4) is 11.4 Å². The number of hydrogen-bond acceptors (Lipinski definition) is 6. The Labute approximate surface area is 207 Å². The molecule has 0 aliphatic rings. The van der Waals surface area contributed by atoms with E-state index in [1.54, 1.807) is 24.3 Å². The van der Waals surface area contributed by atoms with Crippen LogP contribution in [0.3, 0.4) is 0 Å². The molecule has 180 valence electrons. The van der Waals surface area contributed by atoms with E-state index in [9.17, 15) is 14.5 Å². The zero-order valence-corrected chi connectivity index (χ0v) is 20.5. The van der Waals surface area contributed by atoms with E-state index in [4.69, 9.17) is 4.74 Å². The molecule has 0 bridgehead atoms. The summed E-state index contributed by atoms with van der Waals surface area (Å²) >= 11 is 1.27. The first-order valence-electron chi connectivity index (χ1n) is 11.1. The Morgan fingerprint density at radius 1 is 1.03 bits per heavy atom. The van der Waals surface area contributed by atoms with Gasteiger partial charge in [-0.1, -0.05) is 48.2 Å². The van der Waals surface area contributed by atoms with E-state index >= 15 is 0 Å². The fourth-order valence-electron chi connectivity index (χ4n) is 3.71. The van der Waals surface area contributed by atoms with Gasteiger partial charge in [0, 0.05) is 16.2 Å². The fourth-order valence-corrected chi connectivity index (χ4v) is 4.91. The summed E-state index contributed by atoms with van der Waals surface area (Å²) in [5, 5.41) is 20.1. The van der Waals surface area contributed by atoms with Crippen LogP contribution in [0.5, 0.6) is 5.75 Å². The highest BCUT2D eigenvalue weighted by Gasteiger charge is 2.26. The minimum absolute atomic E-state index is 0.141. The first kappa shape index (κ1) is 24.4. The number of thioether (sulfide) groups is 1. The number of ether oxygens (including phenoxy) is 1. The Kier molecular flexibility index (Phi) is 7.45. The molecule has 4 aromatic rings. The lowest BCUT2D eigenvalue weighted by molar-refractivity contribution is -0.479. The Bertz CT molecular complexity index is 1360. The summed E-state index contributed by atoms with van der Waals surface area (Å²) in [4.78, 5) is 11.3. The van der Waals surface area contributed by atoms with Gasteiger partial charge in [0.25, 0.3) is 0 Å². The van der Waals surface area contributed by atoms with E-state index in [0.717, 1.165) is 11.3 Å². The van der Waals surface area contributed by atoms with Gasteiger partial charge in [-0.2, -0.15) is 0 Å². The number of nitro groups is 1. The van der Waals surface area contributed by atoms with Crippen molar-refractivity contribution in [2.75, 3.05) is 6.54 Å². The van der Waals surface area contributed by atoms with Gasteiger partial charge < -0.3 is 4.74 Å². The van der Waals surface area contributed by atoms with Crippen molar-refractivity contribution in [3.05, 3.63) is 111 Å². The van der Waals surface area contributed by atoms with Crippen LogP contribution in [0.2, 0.25) is 0 Å². The van der Waals surface area contributed by atoms with Crippen LogP contribution in [0.15, 0.2) is 71.9 Å². The smallest absolute Gasteiger partial charge is 0.220 e. The summed E-state index contributed by atoms with van der Waals surface area (Å²) in [6.45, 7) is 5.74. The molecule has 0 amide bonds. The molecule has 0 aliphatic heterocycles. The van der Waals surface area contributed by atoms with Crippen molar-refractivity contribution in [1.29, 1.82) is 0 Å². The average Bonchev–Trinajstić information content (AvgIpc) is 3.19. The Morgan fingerprint density at radius 3 is 2.57 bits per heavy atom. The molecule has 3 aromatic carbocycles. The summed E-state index contributed by atoms with van der Waals surface area (Å²) in [5.41, 5.74) is 4.53. The van der Waals surface area contributed by atoms with E-state index in [1.165, 1.54) is 29.5 Å². The SMILES string of the molecule is Cc1ccc(-n2c(C)nnc2S[C@H](C[N+](=O)[O-])c2ccccc2OCc2cccc(F)c2)cc1C. The van der Waals surface area contributed by atoms with Crippen LogP contribution < -0.4 is 4.74 Å². The summed E-state index contributed by atoms with van der Waals surface area (Å²) in [5.74, 6) is 0.846. The van der Waals surface area contributed by atoms with E-state index < -0.39 is 5.25 Å². The van der Waals surface area contributed by atoms with Crippen LogP contribution in [-0.2, 0) is 6.61 Å². The number of nitrogens with zero attached hydrogens (tertiary/aromatic N) is 4. The van der Waals surface area contributed by atoms with Gasteiger partial charge in [0.1, 0.15) is 29.2 Å². The van der Waals surface area contributed by atoms with Crippen LogP contribution in [0.25, 0.3) is 5.69 Å². The van der Waals surface area contributed by atoms with Gasteiger partial charge in [-0.15, -0.1) is 10.2 Å². The molecule has 0 saturated carbocycles. The van der Waals surface area contributed by atoms with Gasteiger partial charge in [0.15, 0.2) is 5.16 Å². The fraction of sp³-hybridized carbons (Fsp3) is 0.231. The predicted octanol–water partition coefficient (Wildman–Crippen LogP) is 6.02. The van der Waals surface area contributed by atoms with Crippen LogP contribution in [-0.4, -0.2) is 26.2 Å². The van der Waals surface area contributed by atoms with E-state index in [-0.39, 0.29) is 23.9 Å². The topological polar surface area (TPSA) is 83.1 Å². The predicted molar refractivity (Wildman–Crippen MR) is 133 cm³/mol. The second kappa shape index (κ2) is 10.7. The number of rotatable bonds is 9. The summed E-state index contributed by atoms with van der Waals surface area (Å²) < 4.78 is 21.4. The molecule has 1 atom stereocenters. The zero-order valence-electron chi connectivity index (χ0n) is 19.6. The third-order valence-corrected chi connectivity index (χ3v) is 6.82. The average molecular weight is 493 g/mol. The minimum atomic E-state index is -0.581. The summed E-state index contributed by atoms with van der Waals surface area (Å²) in [7, 11) is 0. The Hall–Kier alpha value is -3.72. The minimum Gasteiger partial charge on any atom is -0.489 e. The molecule has 1 aromatic heterocycles. The van der Waals surface area contributed by atoms with Crippen molar-refractivity contribution in [2.24, 2.45) is 0 Å². The quantitative estimate of drug-likeness (QED) is 0.161. The highest BCUT2D eigenvalue weighted by molar-refractivity contribution is 7.99. The van der Waals surface area contributed by atoms with Crippen LogP contribution in [0, 0.1) is 36.7 Å². The molecule has 0 spiro atoms. The molecule has 1 heterocycles. The molecule has 0 saturated heterocycles. The molecule has 0 unspecified atom stereocenters. The maximum Gasteiger partial charge on any atom is 0.220 e. The monoisotopic (exact) mass is 492 g/mol. The molecule has 9 heteroatoms. The van der Waals surface area contributed by atoms with Crippen LogP contribution in [0.4, 0.5) is 4.39 Å². The maximum atomic E-state index is 13.6. The van der Waals surface area contributed by atoms with Gasteiger partial charge in [0.05, 0.1) is 0 Å². The standard InChI is InChI=1S/C26H25FN4O3S/c1-17-11-12-22(13-18(17)2)31-19(3)28-29-26(31)35-25(15-30(32)33)23-9-4-5-10-24(23)34-16-20-7-6-8-21(27)14-20/h4-14,25H,15-16H2,1-3H3/t25-/m1/s1. The van der Waals surface area contributed by atoms with Gasteiger partial charge >= 0.3 is 0 Å². The molecular weight excluding hydrogens is 467 g/mol. The second-order valence-corrected chi connectivity index (χ2v) is 9.38. The lowest BCUT2D eigenvalue weighted by Gasteiger charge is -2.18. The third kappa shape index (κ3) is 5.86. The van der Waals surface area contributed by atoms with Crippen LogP contribution >= 0.6 is 11.8 Å². The number of halogens is 1. The molecule has 0 radical (unpaired) electrons. The highest BCUT2D eigenvalue weighted by Crippen LogP contribution is 2.40. The van der Waals surface area contributed by atoms with Gasteiger partial charge in [-0.25, -0.2) is 4.39 Å². The van der Waals surface area contributed by atoms with Gasteiger partial charge in [-0.3, -0.25) is 14.7 Å². The van der Waals surface area contributed by atoms with Crippen molar-refractivity contribution >= 4 is 11.8 Å². The first-order chi connectivity index (χ1) is 16.8. The zero-order chi connectivity index (χ0) is 24.9. The number of aromatic nitrogens is 3. The Balaban J connectivity index is 1.66. The second-order valence-electron chi connectivity index (χ2n) is 8.21. The number of hydrogen-bond donors (Lipinski definition) is 0. The van der Waals surface area contributed by atoms with Crippen molar-refractivity contribution < 1.29 is 14.1 Å². The molecule has 7 nitrogen and oxygen atoms in total. The van der Waals surface area contributed by atoms with Gasteiger partial charge in [-0.05, 0) is 67.8 Å². The summed E-state index contributed by atoms with van der Waals surface area (Å²) in [6.07, 6.45) is 0. The van der Waals surface area contributed by atoms with Crippen molar-refractivity contribution in [1.82, 2.24) is 14.8 Å².